The molecule has 0 saturated carbocycles. The highest BCUT2D eigenvalue weighted by Crippen LogP contribution is 2.28. The molecule has 2 aliphatic rings. The quantitative estimate of drug-likeness (QED) is 0.590. The van der Waals surface area contributed by atoms with Gasteiger partial charge in [0.25, 0.3) is 0 Å². The van der Waals surface area contributed by atoms with Gasteiger partial charge in [-0.05, 0) is 43.9 Å². The van der Waals surface area contributed by atoms with E-state index in [1.54, 1.807) is 6.92 Å². The van der Waals surface area contributed by atoms with E-state index in [-0.39, 0.29) is 53.8 Å². The molecule has 2 N–H and O–H groups in total. The maximum atomic E-state index is 12.8. The van der Waals surface area contributed by atoms with Gasteiger partial charge in [-0.1, -0.05) is 24.3 Å². The van der Waals surface area contributed by atoms with Gasteiger partial charge < -0.3 is 14.8 Å². The van der Waals surface area contributed by atoms with Crippen molar-refractivity contribution in [2.24, 2.45) is 0 Å². The second-order valence-electron chi connectivity index (χ2n) is 7.88. The Morgan fingerprint density at radius 1 is 1.03 bits per heavy atom. The van der Waals surface area contributed by atoms with Crippen LogP contribution in [0.2, 0.25) is 0 Å². The first-order chi connectivity index (χ1) is 15.3. The topological polar surface area (TPSA) is 111 Å². The van der Waals surface area contributed by atoms with Crippen LogP contribution in [0, 0.1) is 0 Å². The van der Waals surface area contributed by atoms with Crippen LogP contribution in [0.5, 0.6) is 0 Å². The summed E-state index contributed by atoms with van der Waals surface area (Å²) in [6.07, 6.45) is 2.66. The summed E-state index contributed by atoms with van der Waals surface area (Å²) in [4.78, 5) is 49.3. The SMILES string of the molecule is COC1=C(OC)C(=O)C(Cc2ccc(CCC(=O)NC(=O)[C@@H]3CCCN3)cc2)=C(C)C1=O. The monoisotopic (exact) mass is 440 g/mol. The van der Waals surface area contributed by atoms with Gasteiger partial charge in [0.1, 0.15) is 0 Å². The van der Waals surface area contributed by atoms with E-state index in [1.165, 1.54) is 14.2 Å². The normalized spacial score (nSPS) is 18.8. The summed E-state index contributed by atoms with van der Waals surface area (Å²) in [5.41, 5.74) is 2.51. The van der Waals surface area contributed by atoms with E-state index < -0.39 is 0 Å². The minimum Gasteiger partial charge on any atom is -0.489 e. The Bertz CT molecular complexity index is 984. The highest BCUT2D eigenvalue weighted by atomic mass is 16.5. The van der Waals surface area contributed by atoms with Crippen molar-refractivity contribution in [3.8, 4) is 0 Å². The number of ether oxygens (including phenoxy) is 2. The maximum Gasteiger partial charge on any atom is 0.243 e. The van der Waals surface area contributed by atoms with Crippen LogP contribution < -0.4 is 10.6 Å². The van der Waals surface area contributed by atoms with Gasteiger partial charge in [0.15, 0.2) is 0 Å². The lowest BCUT2D eigenvalue weighted by Gasteiger charge is -2.20. The van der Waals surface area contributed by atoms with E-state index in [2.05, 4.69) is 10.6 Å². The highest BCUT2D eigenvalue weighted by Gasteiger charge is 2.34. The lowest BCUT2D eigenvalue weighted by Crippen LogP contribution is -2.43. The zero-order chi connectivity index (χ0) is 23.3. The van der Waals surface area contributed by atoms with Crippen molar-refractivity contribution in [2.45, 2.75) is 45.1 Å². The smallest absolute Gasteiger partial charge is 0.243 e. The largest absolute Gasteiger partial charge is 0.489 e. The zero-order valence-corrected chi connectivity index (χ0v) is 18.6. The number of amides is 2. The maximum absolute atomic E-state index is 12.8. The fourth-order valence-electron chi connectivity index (χ4n) is 3.89. The molecule has 2 amide bonds. The highest BCUT2D eigenvalue weighted by molar-refractivity contribution is 6.23. The van der Waals surface area contributed by atoms with Crippen molar-refractivity contribution in [1.29, 1.82) is 0 Å². The van der Waals surface area contributed by atoms with Gasteiger partial charge in [-0.15, -0.1) is 0 Å². The number of benzene rings is 1. The van der Waals surface area contributed by atoms with Crippen molar-refractivity contribution < 1.29 is 28.7 Å². The summed E-state index contributed by atoms with van der Waals surface area (Å²) in [7, 11) is 2.67. The van der Waals surface area contributed by atoms with Gasteiger partial charge in [0, 0.05) is 24.0 Å². The van der Waals surface area contributed by atoms with Gasteiger partial charge in [-0.25, -0.2) is 0 Å². The molecule has 0 radical (unpaired) electrons. The molecule has 1 aliphatic heterocycles. The van der Waals surface area contributed by atoms with Crippen LogP contribution in [0.1, 0.15) is 37.3 Å². The number of carbonyl (C=O) groups excluding carboxylic acids is 4. The van der Waals surface area contributed by atoms with Crippen molar-refractivity contribution in [1.82, 2.24) is 10.6 Å². The lowest BCUT2D eigenvalue weighted by molar-refractivity contribution is -0.131. The standard InChI is InChI=1S/C24H28N2O6/c1-14-17(21(29)23(32-3)22(31-2)20(14)28)13-16-8-6-15(7-9-16)10-11-19(27)26-24(30)18-5-4-12-25-18/h6-9,18,25H,4-5,10-13H2,1-3H3,(H,26,27,30)/t18-/m0/s1. The summed E-state index contributed by atoms with van der Waals surface area (Å²) < 4.78 is 10.2. The summed E-state index contributed by atoms with van der Waals surface area (Å²) in [5.74, 6) is -1.43. The minimum absolute atomic E-state index is 0.0745. The van der Waals surface area contributed by atoms with Crippen molar-refractivity contribution >= 4 is 23.4 Å². The van der Waals surface area contributed by atoms with E-state index in [4.69, 9.17) is 9.47 Å². The average Bonchev–Trinajstić information content (AvgIpc) is 3.33. The Kier molecular flexibility index (Phi) is 7.58. The van der Waals surface area contributed by atoms with Crippen LogP contribution in [0.3, 0.4) is 0 Å². The van der Waals surface area contributed by atoms with Crippen molar-refractivity contribution in [2.75, 3.05) is 20.8 Å². The van der Waals surface area contributed by atoms with Crippen LogP contribution >= 0.6 is 0 Å². The molecule has 1 fully saturated rings. The van der Waals surface area contributed by atoms with Crippen molar-refractivity contribution in [3.63, 3.8) is 0 Å². The second kappa shape index (κ2) is 10.4. The third-order valence-corrected chi connectivity index (χ3v) is 5.78. The molecule has 0 unspecified atom stereocenters. The van der Waals surface area contributed by atoms with Crippen molar-refractivity contribution in [3.05, 3.63) is 58.1 Å². The van der Waals surface area contributed by atoms with E-state index in [9.17, 15) is 19.2 Å². The van der Waals surface area contributed by atoms with Gasteiger partial charge >= 0.3 is 0 Å². The number of rotatable bonds is 8. The molecule has 3 rings (SSSR count). The fraction of sp³-hybridized carbons (Fsp3) is 0.417. The Morgan fingerprint density at radius 3 is 2.25 bits per heavy atom. The molecule has 1 heterocycles. The summed E-state index contributed by atoms with van der Waals surface area (Å²) >= 11 is 0. The fourth-order valence-corrected chi connectivity index (χ4v) is 3.89. The number of allylic oxidation sites excluding steroid dienone is 2. The van der Waals surface area contributed by atoms with E-state index >= 15 is 0 Å². The zero-order valence-electron chi connectivity index (χ0n) is 18.6. The van der Waals surface area contributed by atoms with Crippen LogP contribution in [0.4, 0.5) is 0 Å². The average molecular weight is 440 g/mol. The third-order valence-electron chi connectivity index (χ3n) is 5.78. The Hall–Kier alpha value is -3.26. The predicted octanol–water partition coefficient (Wildman–Crippen LogP) is 1.53. The molecule has 1 aromatic carbocycles. The number of aryl methyl sites for hydroxylation is 1. The molecule has 8 nitrogen and oxygen atoms in total. The molecule has 1 aromatic rings. The van der Waals surface area contributed by atoms with Gasteiger partial charge in [-0.2, -0.15) is 0 Å². The molecule has 1 aliphatic carbocycles. The van der Waals surface area contributed by atoms with E-state index in [1.807, 2.05) is 24.3 Å². The molecule has 32 heavy (non-hydrogen) atoms. The molecule has 1 saturated heterocycles. The molecule has 0 spiro atoms. The third kappa shape index (κ3) is 5.13. The van der Waals surface area contributed by atoms with Crippen LogP contribution in [0.15, 0.2) is 46.9 Å². The Labute approximate surface area is 187 Å². The lowest BCUT2D eigenvalue weighted by atomic mass is 9.88. The molecular weight excluding hydrogens is 412 g/mol. The molecule has 8 heteroatoms. The van der Waals surface area contributed by atoms with Gasteiger partial charge in [0.05, 0.1) is 20.3 Å². The van der Waals surface area contributed by atoms with Gasteiger partial charge in [-0.3, -0.25) is 24.5 Å². The first kappa shape index (κ1) is 23.4. The first-order valence-corrected chi connectivity index (χ1v) is 10.6. The number of hydrogen-bond acceptors (Lipinski definition) is 7. The summed E-state index contributed by atoms with van der Waals surface area (Å²) in [5, 5.41) is 5.51. The van der Waals surface area contributed by atoms with E-state index in [0.29, 0.717) is 17.6 Å². The molecule has 0 bridgehead atoms. The molecule has 0 aromatic heterocycles. The second-order valence-corrected chi connectivity index (χ2v) is 7.88. The number of hydrogen-bond donors (Lipinski definition) is 2. The van der Waals surface area contributed by atoms with E-state index in [0.717, 1.165) is 30.5 Å². The van der Waals surface area contributed by atoms with Crippen LogP contribution in [-0.2, 0) is 41.5 Å². The van der Waals surface area contributed by atoms with Gasteiger partial charge in [0.2, 0.25) is 34.9 Å². The number of ketones is 2. The number of methoxy groups -OCH3 is 2. The molecular formula is C24H28N2O6. The van der Waals surface area contributed by atoms with Crippen LogP contribution in [-0.4, -0.2) is 50.2 Å². The number of carbonyl (C=O) groups is 4. The van der Waals surface area contributed by atoms with Crippen LogP contribution in [0.25, 0.3) is 0 Å². The molecule has 170 valence electrons. The Balaban J connectivity index is 1.58. The number of imide groups is 1. The number of nitrogens with one attached hydrogen (secondary N) is 2. The minimum atomic E-state index is -0.358. The first-order valence-electron chi connectivity index (χ1n) is 10.6. The predicted molar refractivity (Wildman–Crippen MR) is 116 cm³/mol. The Morgan fingerprint density at radius 2 is 1.66 bits per heavy atom. The summed E-state index contributed by atoms with van der Waals surface area (Å²) in [6.45, 7) is 2.40. The summed E-state index contributed by atoms with van der Waals surface area (Å²) in [6, 6.07) is 7.20. The molecule has 1 atom stereocenters. The number of Topliss-reactive ketones (excluding diaryl/α,β-unsaturated/α-hetero) is 2.